The summed E-state index contributed by atoms with van der Waals surface area (Å²) in [6, 6.07) is 1.90. The number of amides is 1. The van der Waals surface area contributed by atoms with Crippen molar-refractivity contribution >= 4 is 34.2 Å². The van der Waals surface area contributed by atoms with Gasteiger partial charge in [0, 0.05) is 11.9 Å². The third-order valence-corrected chi connectivity index (χ3v) is 3.21. The van der Waals surface area contributed by atoms with Gasteiger partial charge >= 0.3 is 0 Å². The lowest BCUT2D eigenvalue weighted by Gasteiger charge is -2.02. The summed E-state index contributed by atoms with van der Waals surface area (Å²) in [5, 5.41) is 2.87. The van der Waals surface area contributed by atoms with E-state index in [1.165, 1.54) is 0 Å². The molecule has 0 aromatic carbocycles. The summed E-state index contributed by atoms with van der Waals surface area (Å²) in [7, 11) is 0. The molecule has 64 valence electrons. The monoisotopic (exact) mass is 276 g/mol. The molecule has 1 aromatic heterocycles. The van der Waals surface area contributed by atoms with Crippen LogP contribution in [0.4, 0.5) is 5.69 Å². The highest BCUT2D eigenvalue weighted by Crippen LogP contribution is 2.23. The molecule has 0 spiro atoms. The maximum absolute atomic E-state index is 11.3. The summed E-state index contributed by atoms with van der Waals surface area (Å²) in [5.41, 5.74) is 2.08. The lowest BCUT2D eigenvalue weighted by molar-refractivity contribution is -0.115. The lowest BCUT2D eigenvalue weighted by Crippen LogP contribution is -2.20. The SMILES string of the molecule is O=C1Nc2cc[nH]c2CCC1I. The zero-order valence-electron chi connectivity index (χ0n) is 6.43. The van der Waals surface area contributed by atoms with E-state index in [2.05, 4.69) is 32.9 Å². The topological polar surface area (TPSA) is 44.9 Å². The minimum absolute atomic E-state index is 0.100. The van der Waals surface area contributed by atoms with E-state index in [0.717, 1.165) is 24.2 Å². The Balaban J connectivity index is 2.30. The molecule has 0 saturated heterocycles. The van der Waals surface area contributed by atoms with Gasteiger partial charge in [0.25, 0.3) is 0 Å². The summed E-state index contributed by atoms with van der Waals surface area (Å²) in [6.07, 6.45) is 3.73. The summed E-state index contributed by atoms with van der Waals surface area (Å²) >= 11 is 2.18. The predicted molar refractivity (Wildman–Crippen MR) is 55.6 cm³/mol. The van der Waals surface area contributed by atoms with Gasteiger partial charge in [0.15, 0.2) is 0 Å². The fourth-order valence-corrected chi connectivity index (χ4v) is 1.81. The molecule has 1 unspecified atom stereocenters. The Kier molecular flexibility index (Phi) is 2.08. The number of alkyl halides is 1. The number of hydrogen-bond acceptors (Lipinski definition) is 1. The van der Waals surface area contributed by atoms with Crippen LogP contribution in [0.25, 0.3) is 0 Å². The van der Waals surface area contributed by atoms with Crippen molar-refractivity contribution in [2.75, 3.05) is 5.32 Å². The van der Waals surface area contributed by atoms with Crippen molar-refractivity contribution < 1.29 is 4.79 Å². The van der Waals surface area contributed by atoms with E-state index in [9.17, 15) is 4.79 Å². The molecule has 0 aliphatic carbocycles. The highest BCUT2D eigenvalue weighted by Gasteiger charge is 2.20. The first-order chi connectivity index (χ1) is 5.77. The van der Waals surface area contributed by atoms with Crippen LogP contribution in [0.3, 0.4) is 0 Å². The molecule has 0 saturated carbocycles. The van der Waals surface area contributed by atoms with Gasteiger partial charge in [-0.05, 0) is 18.9 Å². The van der Waals surface area contributed by atoms with Crippen LogP contribution in [0.15, 0.2) is 12.3 Å². The van der Waals surface area contributed by atoms with Crippen molar-refractivity contribution in [3.05, 3.63) is 18.0 Å². The van der Waals surface area contributed by atoms with E-state index in [0.29, 0.717) is 0 Å². The Morgan fingerprint density at radius 1 is 1.58 bits per heavy atom. The van der Waals surface area contributed by atoms with Gasteiger partial charge in [-0.25, -0.2) is 0 Å². The zero-order valence-corrected chi connectivity index (χ0v) is 8.59. The number of anilines is 1. The van der Waals surface area contributed by atoms with E-state index < -0.39 is 0 Å². The van der Waals surface area contributed by atoms with Gasteiger partial charge in [-0.1, -0.05) is 22.6 Å². The number of aryl methyl sites for hydroxylation is 1. The maximum Gasteiger partial charge on any atom is 0.237 e. The first-order valence-electron chi connectivity index (χ1n) is 3.88. The van der Waals surface area contributed by atoms with Gasteiger partial charge in [-0.15, -0.1) is 0 Å². The average molecular weight is 276 g/mol. The highest BCUT2D eigenvalue weighted by atomic mass is 127. The molecule has 2 heterocycles. The van der Waals surface area contributed by atoms with E-state index >= 15 is 0 Å². The second-order valence-electron chi connectivity index (χ2n) is 2.87. The van der Waals surface area contributed by atoms with Crippen LogP contribution in [-0.2, 0) is 11.2 Å². The van der Waals surface area contributed by atoms with Crippen LogP contribution in [0.2, 0.25) is 0 Å². The summed E-state index contributed by atoms with van der Waals surface area (Å²) in [5.74, 6) is 0.119. The van der Waals surface area contributed by atoms with Gasteiger partial charge < -0.3 is 10.3 Å². The van der Waals surface area contributed by atoms with Crippen LogP contribution >= 0.6 is 22.6 Å². The molecule has 4 heteroatoms. The Morgan fingerprint density at radius 3 is 3.25 bits per heavy atom. The Hall–Kier alpha value is -0.520. The number of nitrogens with one attached hydrogen (secondary N) is 2. The third-order valence-electron chi connectivity index (χ3n) is 2.02. The number of carbonyl (C=O) groups excluding carboxylic acids is 1. The Labute approximate surface area is 84.1 Å². The number of hydrogen-bond donors (Lipinski definition) is 2. The Bertz CT molecular complexity index is 308. The van der Waals surface area contributed by atoms with E-state index in [1.807, 2.05) is 12.3 Å². The van der Waals surface area contributed by atoms with Crippen molar-refractivity contribution in [2.24, 2.45) is 0 Å². The smallest absolute Gasteiger partial charge is 0.237 e. The zero-order chi connectivity index (χ0) is 8.55. The molecular formula is C8H9IN2O. The molecule has 0 radical (unpaired) electrons. The molecule has 0 bridgehead atoms. The number of H-pyrrole nitrogens is 1. The largest absolute Gasteiger partial charge is 0.363 e. The molecule has 12 heavy (non-hydrogen) atoms. The first-order valence-corrected chi connectivity index (χ1v) is 5.13. The number of aromatic amines is 1. The number of aromatic nitrogens is 1. The molecule has 2 rings (SSSR count). The number of rotatable bonds is 0. The minimum atomic E-state index is 0.100. The van der Waals surface area contributed by atoms with Gasteiger partial charge in [0.05, 0.1) is 9.61 Å². The summed E-state index contributed by atoms with van der Waals surface area (Å²) in [6.45, 7) is 0. The minimum Gasteiger partial charge on any atom is -0.363 e. The average Bonchev–Trinajstić information content (AvgIpc) is 2.43. The lowest BCUT2D eigenvalue weighted by atomic mass is 10.2. The van der Waals surface area contributed by atoms with Crippen LogP contribution in [0, 0.1) is 0 Å². The highest BCUT2D eigenvalue weighted by molar-refractivity contribution is 14.1. The van der Waals surface area contributed by atoms with Crippen LogP contribution in [0.1, 0.15) is 12.1 Å². The first kappa shape index (κ1) is 8.10. The normalized spacial score (nSPS) is 22.8. The van der Waals surface area contributed by atoms with Crippen molar-refractivity contribution in [3.8, 4) is 0 Å². The van der Waals surface area contributed by atoms with Crippen LogP contribution in [-0.4, -0.2) is 14.8 Å². The fraction of sp³-hybridized carbons (Fsp3) is 0.375. The molecule has 1 aromatic rings. The molecule has 1 aliphatic rings. The molecule has 3 nitrogen and oxygen atoms in total. The summed E-state index contributed by atoms with van der Waals surface area (Å²) < 4.78 is 0.100. The second-order valence-corrected chi connectivity index (χ2v) is 4.37. The number of fused-ring (bicyclic) bond motifs is 1. The van der Waals surface area contributed by atoms with Gasteiger partial charge in [-0.2, -0.15) is 0 Å². The number of carbonyl (C=O) groups is 1. The number of halogens is 1. The standard InChI is InChI=1S/C8H9IN2O/c9-5-1-2-6-7(3-4-10-6)11-8(5)12/h3-5,10H,1-2H2,(H,11,12). The van der Waals surface area contributed by atoms with E-state index in [1.54, 1.807) is 0 Å². The van der Waals surface area contributed by atoms with Gasteiger partial charge in [-0.3, -0.25) is 4.79 Å². The molecule has 0 fully saturated rings. The molecular weight excluding hydrogens is 267 g/mol. The fourth-order valence-electron chi connectivity index (χ4n) is 1.34. The quantitative estimate of drug-likeness (QED) is 0.550. The molecule has 1 atom stereocenters. The van der Waals surface area contributed by atoms with Crippen LogP contribution in [0.5, 0.6) is 0 Å². The van der Waals surface area contributed by atoms with Crippen molar-refractivity contribution in [1.29, 1.82) is 0 Å². The summed E-state index contributed by atoms with van der Waals surface area (Å²) in [4.78, 5) is 14.5. The van der Waals surface area contributed by atoms with Crippen molar-refractivity contribution in [2.45, 2.75) is 16.8 Å². The van der Waals surface area contributed by atoms with Crippen LogP contribution < -0.4 is 5.32 Å². The Morgan fingerprint density at radius 2 is 2.42 bits per heavy atom. The molecule has 1 amide bonds. The van der Waals surface area contributed by atoms with Gasteiger partial charge in [0.2, 0.25) is 5.91 Å². The molecule has 2 N–H and O–H groups in total. The third kappa shape index (κ3) is 1.35. The van der Waals surface area contributed by atoms with Crippen molar-refractivity contribution in [1.82, 2.24) is 4.98 Å². The second kappa shape index (κ2) is 3.08. The van der Waals surface area contributed by atoms with E-state index in [4.69, 9.17) is 0 Å². The van der Waals surface area contributed by atoms with Crippen molar-refractivity contribution in [3.63, 3.8) is 0 Å². The predicted octanol–water partition coefficient (Wildman–Crippen LogP) is 1.70. The van der Waals surface area contributed by atoms with Gasteiger partial charge in [0.1, 0.15) is 0 Å². The maximum atomic E-state index is 11.3. The molecule has 1 aliphatic heterocycles. The van der Waals surface area contributed by atoms with E-state index in [-0.39, 0.29) is 9.83 Å².